The molecule has 0 saturated heterocycles. The smallest absolute Gasteiger partial charge is 0.347 e. The lowest BCUT2D eigenvalue weighted by molar-refractivity contribution is -0.00117. The first-order valence-electron chi connectivity index (χ1n) is 7.58. The standard InChI is InChI=1S/C19H15N3O3/c23-18(15-9-3-1-4-10-15)22(25-17-13-7-8-14-20-17)19(24)21-16-11-5-2-6-12-16/h1-14H,(H,21,24). The topological polar surface area (TPSA) is 71.5 Å². The van der Waals surface area contributed by atoms with E-state index in [2.05, 4.69) is 10.3 Å². The minimum atomic E-state index is -0.717. The van der Waals surface area contributed by atoms with Crippen LogP contribution < -0.4 is 10.2 Å². The molecule has 3 rings (SSSR count). The van der Waals surface area contributed by atoms with Crippen LogP contribution in [-0.4, -0.2) is 22.0 Å². The molecule has 0 spiro atoms. The predicted molar refractivity (Wildman–Crippen MR) is 92.9 cm³/mol. The minimum Gasteiger partial charge on any atom is -0.347 e. The van der Waals surface area contributed by atoms with Crippen molar-refractivity contribution in [1.29, 1.82) is 0 Å². The number of carbonyl (C=O) groups is 2. The number of benzene rings is 2. The van der Waals surface area contributed by atoms with E-state index >= 15 is 0 Å². The Bertz CT molecular complexity index is 840. The van der Waals surface area contributed by atoms with Gasteiger partial charge < -0.3 is 10.2 Å². The van der Waals surface area contributed by atoms with Crippen LogP contribution in [-0.2, 0) is 0 Å². The van der Waals surface area contributed by atoms with Gasteiger partial charge in [-0.1, -0.05) is 47.5 Å². The Balaban J connectivity index is 1.85. The fourth-order valence-electron chi connectivity index (χ4n) is 2.06. The summed E-state index contributed by atoms with van der Waals surface area (Å²) in [7, 11) is 0. The van der Waals surface area contributed by atoms with Crippen molar-refractivity contribution in [2.45, 2.75) is 0 Å². The van der Waals surface area contributed by atoms with Crippen LogP contribution >= 0.6 is 0 Å². The molecule has 3 aromatic rings. The molecule has 0 saturated carbocycles. The number of para-hydroxylation sites is 1. The second-order valence-electron chi connectivity index (χ2n) is 5.02. The van der Waals surface area contributed by atoms with Crippen LogP contribution in [0.5, 0.6) is 5.88 Å². The molecule has 6 heteroatoms. The summed E-state index contributed by atoms with van der Waals surface area (Å²) in [6, 6.07) is 21.5. The molecule has 25 heavy (non-hydrogen) atoms. The zero-order chi connectivity index (χ0) is 17.5. The number of carbonyl (C=O) groups excluding carboxylic acids is 2. The SMILES string of the molecule is O=C(Nc1ccccc1)N(Oc1ccccn1)C(=O)c1ccccc1. The maximum absolute atomic E-state index is 12.7. The Morgan fingerprint density at radius 2 is 1.48 bits per heavy atom. The predicted octanol–water partition coefficient (Wildman–Crippen LogP) is 3.75. The fraction of sp³-hybridized carbons (Fsp3) is 0. The summed E-state index contributed by atoms with van der Waals surface area (Å²) in [5.41, 5.74) is 0.865. The third-order valence-corrected chi connectivity index (χ3v) is 3.24. The Morgan fingerprint density at radius 1 is 0.840 bits per heavy atom. The maximum atomic E-state index is 12.7. The van der Waals surface area contributed by atoms with E-state index in [1.54, 1.807) is 72.8 Å². The summed E-state index contributed by atoms with van der Waals surface area (Å²) in [4.78, 5) is 34.7. The van der Waals surface area contributed by atoms with E-state index in [4.69, 9.17) is 4.84 Å². The number of nitrogens with zero attached hydrogens (tertiary/aromatic N) is 2. The average Bonchev–Trinajstić information content (AvgIpc) is 2.68. The van der Waals surface area contributed by atoms with Gasteiger partial charge in [-0.05, 0) is 30.3 Å². The Kier molecular flexibility index (Phi) is 5.01. The lowest BCUT2D eigenvalue weighted by Gasteiger charge is -2.20. The van der Waals surface area contributed by atoms with E-state index < -0.39 is 11.9 Å². The molecule has 1 heterocycles. The molecule has 0 aliphatic rings. The minimum absolute atomic E-state index is 0.134. The van der Waals surface area contributed by atoms with Crippen molar-refractivity contribution in [3.05, 3.63) is 90.6 Å². The number of imide groups is 1. The first-order chi connectivity index (χ1) is 12.2. The van der Waals surface area contributed by atoms with Crippen LogP contribution in [0.25, 0.3) is 0 Å². The first-order valence-corrected chi connectivity index (χ1v) is 7.58. The van der Waals surface area contributed by atoms with E-state index in [1.165, 1.54) is 6.20 Å². The highest BCUT2D eigenvalue weighted by Crippen LogP contribution is 2.13. The quantitative estimate of drug-likeness (QED) is 0.738. The third-order valence-electron chi connectivity index (χ3n) is 3.24. The molecule has 6 nitrogen and oxygen atoms in total. The second-order valence-corrected chi connectivity index (χ2v) is 5.02. The summed E-state index contributed by atoms with van der Waals surface area (Å²) in [5.74, 6) is -0.463. The van der Waals surface area contributed by atoms with E-state index in [-0.39, 0.29) is 5.88 Å². The summed E-state index contributed by atoms with van der Waals surface area (Å²) < 4.78 is 0. The van der Waals surface area contributed by atoms with Crippen molar-refractivity contribution in [2.24, 2.45) is 0 Å². The highest BCUT2D eigenvalue weighted by Gasteiger charge is 2.26. The second kappa shape index (κ2) is 7.74. The maximum Gasteiger partial charge on any atom is 0.363 e. The molecule has 0 bridgehead atoms. The lowest BCUT2D eigenvalue weighted by atomic mass is 10.2. The van der Waals surface area contributed by atoms with Crippen LogP contribution in [0.2, 0.25) is 0 Å². The number of hydrogen-bond donors (Lipinski definition) is 1. The van der Waals surface area contributed by atoms with E-state index in [9.17, 15) is 9.59 Å². The Labute approximate surface area is 144 Å². The van der Waals surface area contributed by atoms with Gasteiger partial charge in [0.1, 0.15) is 0 Å². The van der Waals surface area contributed by atoms with Gasteiger partial charge in [-0.2, -0.15) is 0 Å². The Morgan fingerprint density at radius 3 is 2.12 bits per heavy atom. The van der Waals surface area contributed by atoms with Gasteiger partial charge in [0.05, 0.1) is 0 Å². The monoisotopic (exact) mass is 333 g/mol. The van der Waals surface area contributed by atoms with E-state index in [0.717, 1.165) is 0 Å². The number of hydrogen-bond acceptors (Lipinski definition) is 4. The zero-order valence-corrected chi connectivity index (χ0v) is 13.2. The fourth-order valence-corrected chi connectivity index (χ4v) is 2.06. The number of anilines is 1. The van der Waals surface area contributed by atoms with Crippen LogP contribution in [0.3, 0.4) is 0 Å². The highest BCUT2D eigenvalue weighted by atomic mass is 16.7. The van der Waals surface area contributed by atoms with E-state index in [1.807, 2.05) is 6.07 Å². The molecule has 1 aromatic heterocycles. The molecule has 0 aliphatic heterocycles. The van der Waals surface area contributed by atoms with Gasteiger partial charge in [0, 0.05) is 23.5 Å². The van der Waals surface area contributed by atoms with Crippen molar-refractivity contribution in [1.82, 2.24) is 10.0 Å². The van der Waals surface area contributed by atoms with Gasteiger partial charge in [0.15, 0.2) is 0 Å². The number of pyridine rings is 1. The number of amides is 3. The number of rotatable bonds is 4. The van der Waals surface area contributed by atoms with Crippen molar-refractivity contribution < 1.29 is 14.4 Å². The summed E-state index contributed by atoms with van der Waals surface area (Å²) >= 11 is 0. The summed E-state index contributed by atoms with van der Waals surface area (Å²) in [5, 5.41) is 3.28. The van der Waals surface area contributed by atoms with Gasteiger partial charge in [-0.15, -0.1) is 0 Å². The molecule has 124 valence electrons. The number of hydroxylamine groups is 2. The number of nitrogens with one attached hydrogen (secondary N) is 1. The van der Waals surface area contributed by atoms with Crippen LogP contribution in [0.4, 0.5) is 10.5 Å². The van der Waals surface area contributed by atoms with Crippen LogP contribution in [0.15, 0.2) is 85.1 Å². The lowest BCUT2D eigenvalue weighted by Crippen LogP contribution is -2.42. The normalized spacial score (nSPS) is 9.92. The molecule has 2 aromatic carbocycles. The largest absolute Gasteiger partial charge is 0.363 e. The molecule has 0 radical (unpaired) electrons. The molecule has 0 atom stereocenters. The highest BCUT2D eigenvalue weighted by molar-refractivity contribution is 6.07. The third kappa shape index (κ3) is 4.20. The van der Waals surface area contributed by atoms with Crippen molar-refractivity contribution in [3.8, 4) is 5.88 Å². The van der Waals surface area contributed by atoms with Gasteiger partial charge >= 0.3 is 6.03 Å². The first kappa shape index (κ1) is 16.2. The van der Waals surface area contributed by atoms with Gasteiger partial charge in [0.25, 0.3) is 5.91 Å². The van der Waals surface area contributed by atoms with Gasteiger partial charge in [-0.3, -0.25) is 4.79 Å². The van der Waals surface area contributed by atoms with Gasteiger partial charge in [-0.25, -0.2) is 9.78 Å². The molecule has 0 unspecified atom stereocenters. The molecule has 0 aliphatic carbocycles. The molecular formula is C19H15N3O3. The molecule has 3 amide bonds. The Hall–Kier alpha value is -3.67. The average molecular weight is 333 g/mol. The van der Waals surface area contributed by atoms with Crippen LogP contribution in [0.1, 0.15) is 10.4 Å². The number of aromatic nitrogens is 1. The molecule has 0 fully saturated rings. The zero-order valence-electron chi connectivity index (χ0n) is 13.2. The summed E-state index contributed by atoms with van der Waals surface area (Å²) in [6.45, 7) is 0. The van der Waals surface area contributed by atoms with E-state index in [0.29, 0.717) is 16.3 Å². The van der Waals surface area contributed by atoms with Crippen LogP contribution in [0, 0.1) is 0 Å². The molecular weight excluding hydrogens is 318 g/mol. The van der Waals surface area contributed by atoms with Gasteiger partial charge in [0.2, 0.25) is 5.88 Å². The van der Waals surface area contributed by atoms with Crippen molar-refractivity contribution in [2.75, 3.05) is 5.32 Å². The molecule has 1 N–H and O–H groups in total. The van der Waals surface area contributed by atoms with Crippen molar-refractivity contribution >= 4 is 17.6 Å². The summed E-state index contributed by atoms with van der Waals surface area (Å²) in [6.07, 6.45) is 1.51. The number of urea groups is 1. The van der Waals surface area contributed by atoms with Crippen molar-refractivity contribution in [3.63, 3.8) is 0 Å².